The van der Waals surface area contributed by atoms with Crippen molar-refractivity contribution >= 4 is 21.7 Å². The van der Waals surface area contributed by atoms with E-state index < -0.39 is 23.0 Å². The summed E-state index contributed by atoms with van der Waals surface area (Å²) in [6, 6.07) is 2.04. The molecule has 0 aliphatic rings. The molecule has 1 aromatic heterocycles. The molecular weight excluding hydrogens is 294 g/mol. The summed E-state index contributed by atoms with van der Waals surface area (Å²) in [5.74, 6) is -2.71. The minimum absolute atomic E-state index is 0.104. The summed E-state index contributed by atoms with van der Waals surface area (Å²) in [4.78, 5) is 19.2. The van der Waals surface area contributed by atoms with Crippen molar-refractivity contribution < 1.29 is 13.6 Å². The first-order valence-electron chi connectivity index (χ1n) is 4.55. The van der Waals surface area contributed by atoms with E-state index in [0.29, 0.717) is 0 Å². The smallest absolute Gasteiger partial charge is 0.218 e. The fraction of sp³-hybridized carbons (Fsp3) is 0. The summed E-state index contributed by atoms with van der Waals surface area (Å²) in [6.07, 6.45) is 3.80. The molecule has 0 saturated heterocycles. The maximum Gasteiger partial charge on any atom is 0.218 e. The summed E-state index contributed by atoms with van der Waals surface area (Å²) < 4.78 is 27.2. The molecule has 0 spiro atoms. The van der Waals surface area contributed by atoms with Gasteiger partial charge < -0.3 is 0 Å². The third kappa shape index (κ3) is 2.36. The molecule has 0 unspecified atom stereocenters. The molecule has 0 aliphatic heterocycles. The zero-order valence-corrected chi connectivity index (χ0v) is 9.91. The molecule has 3 nitrogen and oxygen atoms in total. The monoisotopic (exact) mass is 298 g/mol. The molecule has 1 aromatic carbocycles. The Bertz CT molecular complexity index is 552. The van der Waals surface area contributed by atoms with Gasteiger partial charge in [0.2, 0.25) is 5.78 Å². The largest absolute Gasteiger partial charge is 0.287 e. The molecule has 0 bridgehead atoms. The lowest BCUT2D eigenvalue weighted by Crippen LogP contribution is -2.09. The lowest BCUT2D eigenvalue weighted by molar-refractivity contribution is 0.102. The third-order valence-corrected chi connectivity index (χ3v) is 2.49. The van der Waals surface area contributed by atoms with Gasteiger partial charge in [0.1, 0.15) is 17.3 Å². The van der Waals surface area contributed by atoms with Crippen LogP contribution in [0.25, 0.3) is 0 Å². The number of halogens is 3. The molecule has 0 radical (unpaired) electrons. The first-order valence-corrected chi connectivity index (χ1v) is 5.34. The highest BCUT2D eigenvalue weighted by Gasteiger charge is 2.20. The van der Waals surface area contributed by atoms with Crippen LogP contribution in [0.3, 0.4) is 0 Å². The van der Waals surface area contributed by atoms with Gasteiger partial charge in [-0.3, -0.25) is 9.78 Å². The number of benzene rings is 1. The summed E-state index contributed by atoms with van der Waals surface area (Å²) in [6.45, 7) is 0. The quantitative estimate of drug-likeness (QED) is 0.801. The predicted molar refractivity (Wildman–Crippen MR) is 59.5 cm³/mol. The average molecular weight is 299 g/mol. The standard InChI is InChI=1S/C11H5BrF2N2O/c12-6-3-7(13)10(8(14)4-6)11(17)9-5-15-1-2-16-9/h1-5H. The Morgan fingerprint density at radius 2 is 1.82 bits per heavy atom. The highest BCUT2D eigenvalue weighted by atomic mass is 79.9. The molecule has 2 aromatic rings. The van der Waals surface area contributed by atoms with E-state index in [2.05, 4.69) is 25.9 Å². The van der Waals surface area contributed by atoms with Gasteiger partial charge in [-0.05, 0) is 12.1 Å². The van der Waals surface area contributed by atoms with Gasteiger partial charge in [0.25, 0.3) is 0 Å². The normalized spacial score (nSPS) is 10.3. The second kappa shape index (κ2) is 4.67. The van der Waals surface area contributed by atoms with E-state index in [0.717, 1.165) is 18.3 Å². The Kier molecular flexibility index (Phi) is 3.23. The Labute approximate surface area is 104 Å². The van der Waals surface area contributed by atoms with Gasteiger partial charge in [-0.15, -0.1) is 0 Å². The van der Waals surface area contributed by atoms with E-state index >= 15 is 0 Å². The zero-order chi connectivity index (χ0) is 12.4. The molecular formula is C11H5BrF2N2O. The molecule has 2 rings (SSSR count). The third-order valence-electron chi connectivity index (χ3n) is 2.03. The van der Waals surface area contributed by atoms with E-state index in [9.17, 15) is 13.6 Å². The summed E-state index contributed by atoms with van der Waals surface area (Å²) in [5.41, 5.74) is -0.735. The highest BCUT2D eigenvalue weighted by Crippen LogP contribution is 2.21. The van der Waals surface area contributed by atoms with E-state index in [1.165, 1.54) is 12.4 Å². The maximum atomic E-state index is 13.5. The molecule has 0 N–H and O–H groups in total. The molecule has 1 heterocycles. The number of aromatic nitrogens is 2. The Morgan fingerprint density at radius 3 is 2.35 bits per heavy atom. The van der Waals surface area contributed by atoms with Crippen molar-refractivity contribution in [2.75, 3.05) is 0 Å². The number of hydrogen-bond donors (Lipinski definition) is 0. The van der Waals surface area contributed by atoms with Crippen LogP contribution in [0, 0.1) is 11.6 Å². The zero-order valence-electron chi connectivity index (χ0n) is 8.32. The molecule has 0 fully saturated rings. The van der Waals surface area contributed by atoms with Crippen LogP contribution in [0.15, 0.2) is 35.2 Å². The van der Waals surface area contributed by atoms with Crippen molar-refractivity contribution in [1.29, 1.82) is 0 Å². The Hall–Kier alpha value is -1.69. The fourth-order valence-electron chi connectivity index (χ4n) is 1.30. The van der Waals surface area contributed by atoms with Gasteiger partial charge in [0.05, 0.1) is 11.8 Å². The lowest BCUT2D eigenvalue weighted by Gasteiger charge is -2.03. The van der Waals surface area contributed by atoms with Crippen LogP contribution in [-0.2, 0) is 0 Å². The van der Waals surface area contributed by atoms with Crippen LogP contribution >= 0.6 is 15.9 Å². The number of ketones is 1. The second-order valence-electron chi connectivity index (χ2n) is 3.16. The molecule has 0 atom stereocenters. The first kappa shape index (κ1) is 11.8. The van der Waals surface area contributed by atoms with Crippen molar-refractivity contribution in [3.8, 4) is 0 Å². The van der Waals surface area contributed by atoms with Crippen molar-refractivity contribution in [3.63, 3.8) is 0 Å². The fourth-order valence-corrected chi connectivity index (χ4v) is 1.71. The predicted octanol–water partition coefficient (Wildman–Crippen LogP) is 2.75. The first-order chi connectivity index (χ1) is 8.09. The van der Waals surface area contributed by atoms with Gasteiger partial charge in [-0.25, -0.2) is 13.8 Å². The SMILES string of the molecule is O=C(c1cnccn1)c1c(F)cc(Br)cc1F. The molecule has 0 amide bonds. The van der Waals surface area contributed by atoms with Gasteiger partial charge >= 0.3 is 0 Å². The van der Waals surface area contributed by atoms with Crippen LogP contribution < -0.4 is 0 Å². The summed E-state index contributed by atoms with van der Waals surface area (Å²) >= 11 is 2.93. The van der Waals surface area contributed by atoms with Gasteiger partial charge in [0, 0.05) is 16.9 Å². The Morgan fingerprint density at radius 1 is 1.18 bits per heavy atom. The molecule has 17 heavy (non-hydrogen) atoms. The molecule has 0 saturated carbocycles. The minimum atomic E-state index is -0.937. The van der Waals surface area contributed by atoms with Gasteiger partial charge in [-0.2, -0.15) is 0 Å². The number of carbonyl (C=O) groups is 1. The van der Waals surface area contributed by atoms with Crippen LogP contribution in [0.4, 0.5) is 8.78 Å². The minimum Gasteiger partial charge on any atom is -0.287 e. The average Bonchev–Trinajstić information content (AvgIpc) is 2.28. The van der Waals surface area contributed by atoms with Crippen molar-refractivity contribution in [2.45, 2.75) is 0 Å². The van der Waals surface area contributed by atoms with Crippen LogP contribution in [0.5, 0.6) is 0 Å². The van der Waals surface area contributed by atoms with E-state index in [1.54, 1.807) is 0 Å². The highest BCUT2D eigenvalue weighted by molar-refractivity contribution is 9.10. The maximum absolute atomic E-state index is 13.5. The summed E-state index contributed by atoms with van der Waals surface area (Å²) in [7, 11) is 0. The second-order valence-corrected chi connectivity index (χ2v) is 4.08. The van der Waals surface area contributed by atoms with Crippen LogP contribution in [-0.4, -0.2) is 15.8 Å². The number of carbonyl (C=O) groups excluding carboxylic acids is 1. The van der Waals surface area contributed by atoms with E-state index in [1.807, 2.05) is 0 Å². The van der Waals surface area contributed by atoms with Crippen LogP contribution in [0.1, 0.15) is 16.1 Å². The van der Waals surface area contributed by atoms with Crippen LogP contribution in [0.2, 0.25) is 0 Å². The van der Waals surface area contributed by atoms with E-state index in [-0.39, 0.29) is 10.2 Å². The topological polar surface area (TPSA) is 42.9 Å². The van der Waals surface area contributed by atoms with E-state index in [4.69, 9.17) is 0 Å². The number of rotatable bonds is 2. The molecule has 6 heteroatoms. The number of hydrogen-bond acceptors (Lipinski definition) is 3. The van der Waals surface area contributed by atoms with Gasteiger partial charge in [0.15, 0.2) is 0 Å². The molecule has 0 aliphatic carbocycles. The molecule has 86 valence electrons. The van der Waals surface area contributed by atoms with Gasteiger partial charge in [-0.1, -0.05) is 15.9 Å². The van der Waals surface area contributed by atoms with Crippen molar-refractivity contribution in [1.82, 2.24) is 9.97 Å². The Balaban J connectivity index is 2.52. The van der Waals surface area contributed by atoms with Crippen molar-refractivity contribution in [2.24, 2.45) is 0 Å². The lowest BCUT2D eigenvalue weighted by atomic mass is 10.1. The summed E-state index contributed by atoms with van der Waals surface area (Å²) in [5, 5.41) is 0. The number of nitrogens with zero attached hydrogens (tertiary/aromatic N) is 2. The van der Waals surface area contributed by atoms with Crippen molar-refractivity contribution in [3.05, 3.63) is 58.1 Å².